The molecule has 0 unspecified atom stereocenters. The van der Waals surface area contributed by atoms with E-state index in [9.17, 15) is 9.59 Å². The number of rotatable bonds is 2. The van der Waals surface area contributed by atoms with Crippen molar-refractivity contribution in [2.45, 2.75) is 6.92 Å². The van der Waals surface area contributed by atoms with Gasteiger partial charge in [-0.3, -0.25) is 5.73 Å². The van der Waals surface area contributed by atoms with E-state index in [0.717, 1.165) is 6.08 Å². The quantitative estimate of drug-likeness (QED) is 0.640. The van der Waals surface area contributed by atoms with Crippen LogP contribution in [-0.2, 0) is 9.53 Å². The highest BCUT2D eigenvalue weighted by Crippen LogP contribution is 2.13. The van der Waals surface area contributed by atoms with Gasteiger partial charge in [0.15, 0.2) is 11.2 Å². The topological polar surface area (TPSA) is 86.2 Å². The van der Waals surface area contributed by atoms with Crippen molar-refractivity contribution >= 4 is 35.0 Å². The second kappa shape index (κ2) is 5.29. The molecule has 0 amide bonds. The summed E-state index contributed by atoms with van der Waals surface area (Å²) < 4.78 is 6.14. The number of nitrogen functional groups attached to an aromatic ring is 1. The zero-order valence-corrected chi connectivity index (χ0v) is 10.3. The summed E-state index contributed by atoms with van der Waals surface area (Å²) in [5, 5.41) is 0. The maximum atomic E-state index is 12.0. The summed E-state index contributed by atoms with van der Waals surface area (Å²) >= 11 is 0. The molecule has 0 saturated carbocycles. The molecule has 6 heteroatoms. The fraction of sp³-hybridized carbons (Fsp3) is 0.154. The predicted octanol–water partition coefficient (Wildman–Crippen LogP) is 0.954. The molecule has 0 saturated heterocycles. The normalized spacial score (nSPS) is 9.95. The van der Waals surface area contributed by atoms with Gasteiger partial charge in [-0.2, -0.15) is 4.79 Å². The monoisotopic (exact) mass is 258 g/mol. The SMILES string of the molecule is CCOC(=O)[n+]1c(N)c(C=C=O)nc2ccccc21. The number of benzene rings is 1. The molecular weight excluding hydrogens is 246 g/mol. The van der Waals surface area contributed by atoms with Gasteiger partial charge >= 0.3 is 11.9 Å². The molecule has 1 aromatic carbocycles. The van der Waals surface area contributed by atoms with Gasteiger partial charge in [-0.05, 0) is 19.1 Å². The molecular formula is C13H12N3O3+. The lowest BCUT2D eigenvalue weighted by molar-refractivity contribution is -0.543. The van der Waals surface area contributed by atoms with E-state index in [1.807, 2.05) is 0 Å². The Labute approximate surface area is 109 Å². The summed E-state index contributed by atoms with van der Waals surface area (Å²) in [5.74, 6) is 1.65. The van der Waals surface area contributed by atoms with Crippen LogP contribution < -0.4 is 10.3 Å². The number of carbonyl (C=O) groups excluding carboxylic acids is 2. The summed E-state index contributed by atoms with van der Waals surface area (Å²) in [4.78, 5) is 26.6. The zero-order valence-electron chi connectivity index (χ0n) is 10.3. The molecule has 0 atom stereocenters. The van der Waals surface area contributed by atoms with Crippen LogP contribution in [0.15, 0.2) is 24.3 Å². The molecule has 1 aromatic heterocycles. The number of nitrogens with two attached hydrogens (primary N) is 1. The Morgan fingerprint density at radius 3 is 2.95 bits per heavy atom. The Morgan fingerprint density at radius 2 is 2.26 bits per heavy atom. The average Bonchev–Trinajstić information content (AvgIpc) is 2.40. The third-order valence-electron chi connectivity index (χ3n) is 2.51. The van der Waals surface area contributed by atoms with E-state index in [4.69, 9.17) is 10.5 Å². The van der Waals surface area contributed by atoms with E-state index >= 15 is 0 Å². The Bertz CT molecular complexity index is 691. The third kappa shape index (κ3) is 2.29. The number of hydrogen-bond acceptors (Lipinski definition) is 5. The molecule has 0 spiro atoms. The summed E-state index contributed by atoms with van der Waals surface area (Å²) in [5.41, 5.74) is 7.09. The third-order valence-corrected chi connectivity index (χ3v) is 2.51. The van der Waals surface area contributed by atoms with Gasteiger partial charge in [0, 0.05) is 0 Å². The van der Waals surface area contributed by atoms with E-state index in [-0.39, 0.29) is 18.1 Å². The van der Waals surface area contributed by atoms with Gasteiger partial charge < -0.3 is 4.74 Å². The van der Waals surface area contributed by atoms with E-state index in [1.54, 1.807) is 37.1 Å². The fourth-order valence-electron chi connectivity index (χ4n) is 1.73. The second-order valence-corrected chi connectivity index (χ2v) is 3.67. The summed E-state index contributed by atoms with van der Waals surface area (Å²) in [6.07, 6.45) is 0.469. The van der Waals surface area contributed by atoms with Gasteiger partial charge in [0.25, 0.3) is 0 Å². The van der Waals surface area contributed by atoms with Crippen molar-refractivity contribution < 1.29 is 18.9 Å². The van der Waals surface area contributed by atoms with E-state index in [0.29, 0.717) is 11.0 Å². The van der Waals surface area contributed by atoms with Crippen LogP contribution in [0.2, 0.25) is 0 Å². The first-order valence-electron chi connectivity index (χ1n) is 5.67. The van der Waals surface area contributed by atoms with Crippen molar-refractivity contribution in [3.63, 3.8) is 0 Å². The molecule has 0 fully saturated rings. The molecule has 6 nitrogen and oxygen atoms in total. The number of para-hydroxylation sites is 2. The first-order chi connectivity index (χ1) is 9.19. The van der Waals surface area contributed by atoms with E-state index in [2.05, 4.69) is 4.98 Å². The van der Waals surface area contributed by atoms with Crippen LogP contribution in [-0.4, -0.2) is 23.6 Å². The van der Waals surface area contributed by atoms with Gasteiger partial charge in [-0.25, -0.2) is 9.78 Å². The minimum atomic E-state index is -0.612. The summed E-state index contributed by atoms with van der Waals surface area (Å²) in [6.45, 7) is 1.92. The molecule has 19 heavy (non-hydrogen) atoms. The van der Waals surface area contributed by atoms with Crippen LogP contribution >= 0.6 is 0 Å². The Morgan fingerprint density at radius 1 is 1.53 bits per heavy atom. The van der Waals surface area contributed by atoms with Crippen LogP contribution in [0.5, 0.6) is 0 Å². The first-order valence-corrected chi connectivity index (χ1v) is 5.67. The van der Waals surface area contributed by atoms with Crippen LogP contribution in [0, 0.1) is 0 Å². The Hall–Kier alpha value is -2.72. The molecule has 2 N–H and O–H groups in total. The lowest BCUT2D eigenvalue weighted by Crippen LogP contribution is -2.47. The van der Waals surface area contributed by atoms with Crippen molar-refractivity contribution in [2.75, 3.05) is 12.3 Å². The lowest BCUT2D eigenvalue weighted by Gasteiger charge is -2.06. The molecule has 96 valence electrons. The molecule has 1 heterocycles. The molecule has 0 radical (unpaired) electrons. The standard InChI is InChI=1S/C13H11N3O3/c1-2-19-13(18)16-11-6-4-3-5-9(11)15-10(7-8-17)12(16)14/h3-7,14H,2H2,1H3/p+1. The number of ether oxygens (including phenoxy) is 1. The number of carbonyl (C=O) groups is 1. The van der Waals surface area contributed by atoms with Crippen molar-refractivity contribution in [2.24, 2.45) is 0 Å². The van der Waals surface area contributed by atoms with E-state index in [1.165, 1.54) is 4.57 Å². The second-order valence-electron chi connectivity index (χ2n) is 3.67. The minimum absolute atomic E-state index is 0.0421. The van der Waals surface area contributed by atoms with Crippen LogP contribution in [0.4, 0.5) is 10.6 Å². The van der Waals surface area contributed by atoms with Gasteiger partial charge in [-0.1, -0.05) is 12.1 Å². The lowest BCUT2D eigenvalue weighted by atomic mass is 10.2. The number of aromatic nitrogens is 2. The maximum absolute atomic E-state index is 12.0. The van der Waals surface area contributed by atoms with Crippen molar-refractivity contribution in [1.29, 1.82) is 0 Å². The molecule has 0 aliphatic carbocycles. The summed E-state index contributed by atoms with van der Waals surface area (Å²) in [7, 11) is 0. The molecule has 2 rings (SSSR count). The highest BCUT2D eigenvalue weighted by Gasteiger charge is 2.23. The number of fused-ring (bicyclic) bond motifs is 1. The van der Waals surface area contributed by atoms with Crippen molar-refractivity contribution in [3.05, 3.63) is 30.0 Å². The molecule has 0 bridgehead atoms. The Balaban J connectivity index is 2.80. The first kappa shape index (κ1) is 12.7. The van der Waals surface area contributed by atoms with Crippen LogP contribution in [0.1, 0.15) is 12.6 Å². The van der Waals surface area contributed by atoms with Crippen molar-refractivity contribution in [3.8, 4) is 0 Å². The number of anilines is 1. The minimum Gasteiger partial charge on any atom is -0.431 e. The average molecular weight is 258 g/mol. The smallest absolute Gasteiger partial charge is 0.431 e. The largest absolute Gasteiger partial charge is 0.512 e. The van der Waals surface area contributed by atoms with Crippen LogP contribution in [0.25, 0.3) is 17.1 Å². The number of nitrogens with zero attached hydrogens (tertiary/aromatic N) is 2. The molecule has 0 aliphatic heterocycles. The molecule has 0 aliphatic rings. The van der Waals surface area contributed by atoms with Crippen LogP contribution in [0.3, 0.4) is 0 Å². The highest BCUT2D eigenvalue weighted by molar-refractivity contribution is 5.82. The number of hydrogen-bond donors (Lipinski definition) is 1. The predicted molar refractivity (Wildman–Crippen MR) is 68.9 cm³/mol. The van der Waals surface area contributed by atoms with E-state index < -0.39 is 6.09 Å². The zero-order chi connectivity index (χ0) is 13.8. The van der Waals surface area contributed by atoms with Gasteiger partial charge in [0.1, 0.15) is 11.5 Å². The van der Waals surface area contributed by atoms with Gasteiger partial charge in [0.05, 0.1) is 12.7 Å². The maximum Gasteiger partial charge on any atom is 0.512 e. The fourth-order valence-corrected chi connectivity index (χ4v) is 1.73. The van der Waals surface area contributed by atoms with Gasteiger partial charge in [-0.15, -0.1) is 4.57 Å². The Kier molecular flexibility index (Phi) is 3.54. The highest BCUT2D eigenvalue weighted by atomic mass is 16.5. The summed E-state index contributed by atoms with van der Waals surface area (Å²) in [6, 6.07) is 6.94. The van der Waals surface area contributed by atoms with Crippen molar-refractivity contribution in [1.82, 2.24) is 4.98 Å². The molecule has 2 aromatic rings. The van der Waals surface area contributed by atoms with Gasteiger partial charge in [0.2, 0.25) is 0 Å².